The number of carbonyl (C=O) groups is 2. The van der Waals surface area contributed by atoms with E-state index in [1.165, 1.54) is 6.08 Å². The van der Waals surface area contributed by atoms with Gasteiger partial charge < -0.3 is 9.16 Å². The smallest absolute Gasteiger partial charge is 0.356 e. The highest BCUT2D eigenvalue weighted by atomic mass is 32.1. The SMILES string of the molecule is C=CCOC(=O)C(N1C(=O)[C@H]([C@@H](C)O[Si](C)(C)C(C)(C)C)[C@H]1S)=P(c1ccccc1)(c1ccccc1)c1ccccc1. The van der Waals surface area contributed by atoms with E-state index in [2.05, 4.69) is 40.4 Å². The van der Waals surface area contributed by atoms with Crippen LogP contribution in [-0.2, 0) is 18.8 Å². The van der Waals surface area contributed by atoms with Gasteiger partial charge >= 0.3 is 5.97 Å². The summed E-state index contributed by atoms with van der Waals surface area (Å²) in [5.74, 6) is -1.24. The first-order chi connectivity index (χ1) is 19.9. The molecule has 0 aromatic heterocycles. The summed E-state index contributed by atoms with van der Waals surface area (Å²) in [6.07, 6.45) is 1.18. The molecule has 0 spiro atoms. The number of hydrogen-bond donors (Lipinski definition) is 1. The van der Waals surface area contributed by atoms with Gasteiger partial charge in [0.2, 0.25) is 5.91 Å². The molecule has 0 aliphatic carbocycles. The molecular weight excluding hydrogens is 578 g/mol. The Morgan fingerprint density at radius 1 is 0.952 bits per heavy atom. The molecule has 42 heavy (non-hydrogen) atoms. The number of esters is 1. The third-order valence-electron chi connectivity index (χ3n) is 8.39. The van der Waals surface area contributed by atoms with Gasteiger partial charge in [-0.1, -0.05) is 124 Å². The molecule has 1 fully saturated rings. The molecule has 3 aromatic rings. The predicted molar refractivity (Wildman–Crippen MR) is 182 cm³/mol. The zero-order valence-electron chi connectivity index (χ0n) is 25.4. The van der Waals surface area contributed by atoms with Crippen molar-refractivity contribution in [2.24, 2.45) is 5.92 Å². The van der Waals surface area contributed by atoms with Crippen molar-refractivity contribution in [3.05, 3.63) is 104 Å². The molecule has 1 amide bonds. The monoisotopic (exact) mass is 619 g/mol. The van der Waals surface area contributed by atoms with Gasteiger partial charge in [-0.25, -0.2) is 4.79 Å². The van der Waals surface area contributed by atoms with Gasteiger partial charge in [-0.05, 0) is 41.0 Å². The molecule has 4 rings (SSSR count). The lowest BCUT2D eigenvalue weighted by Crippen LogP contribution is -2.67. The molecule has 3 atom stereocenters. The van der Waals surface area contributed by atoms with Crippen molar-refractivity contribution in [1.82, 2.24) is 4.90 Å². The fourth-order valence-electron chi connectivity index (χ4n) is 5.25. The number of hydrogen-bond acceptors (Lipinski definition) is 5. The number of likely N-dealkylation sites (tertiary alicyclic amines) is 1. The lowest BCUT2D eigenvalue weighted by Gasteiger charge is -2.51. The maximum absolute atomic E-state index is 14.3. The first-order valence-electron chi connectivity index (χ1n) is 14.3. The average molecular weight is 620 g/mol. The van der Waals surface area contributed by atoms with E-state index in [1.54, 1.807) is 4.90 Å². The second-order valence-electron chi connectivity index (χ2n) is 12.1. The van der Waals surface area contributed by atoms with Crippen molar-refractivity contribution < 1.29 is 18.8 Å². The van der Waals surface area contributed by atoms with E-state index in [0.29, 0.717) is 5.42 Å². The largest absolute Gasteiger partial charge is 0.457 e. The summed E-state index contributed by atoms with van der Waals surface area (Å²) in [5.41, 5.74) is 0.314. The van der Waals surface area contributed by atoms with Crippen LogP contribution in [0.2, 0.25) is 18.1 Å². The summed E-state index contributed by atoms with van der Waals surface area (Å²) in [7, 11) is -2.16. The van der Waals surface area contributed by atoms with Gasteiger partial charge in [0.25, 0.3) is 0 Å². The molecule has 1 aliphatic rings. The Bertz CT molecular complexity index is 1370. The van der Waals surface area contributed by atoms with Gasteiger partial charge in [-0.3, -0.25) is 9.69 Å². The zero-order chi connectivity index (χ0) is 30.7. The van der Waals surface area contributed by atoms with Crippen molar-refractivity contribution in [1.29, 1.82) is 0 Å². The first kappa shape index (κ1) is 32.1. The summed E-state index contributed by atoms with van der Waals surface area (Å²) >= 11 is 5.00. The number of β-lactam (4-membered cyclic amide) rings is 1. The van der Waals surface area contributed by atoms with Crippen LogP contribution in [0.4, 0.5) is 0 Å². The Morgan fingerprint density at radius 3 is 1.74 bits per heavy atom. The Kier molecular flexibility index (Phi) is 9.78. The molecule has 0 saturated carbocycles. The molecule has 0 N–H and O–H groups in total. The second-order valence-corrected chi connectivity index (χ2v) is 20.7. The Labute approximate surface area is 257 Å². The van der Waals surface area contributed by atoms with Crippen molar-refractivity contribution in [3.63, 3.8) is 0 Å². The van der Waals surface area contributed by atoms with Crippen molar-refractivity contribution in [3.8, 4) is 0 Å². The average Bonchev–Trinajstić information content (AvgIpc) is 2.96. The summed E-state index contributed by atoms with van der Waals surface area (Å²) in [6.45, 7) is 13.7. The van der Waals surface area contributed by atoms with Gasteiger partial charge in [0.15, 0.2) is 8.32 Å². The molecule has 0 radical (unpaired) electrons. The van der Waals surface area contributed by atoms with Gasteiger partial charge in [-0.2, -0.15) is 12.6 Å². The van der Waals surface area contributed by atoms with Crippen LogP contribution in [0.1, 0.15) is 27.7 Å². The van der Waals surface area contributed by atoms with Gasteiger partial charge in [0, 0.05) is 6.89 Å². The highest BCUT2D eigenvalue weighted by Crippen LogP contribution is 2.50. The second kappa shape index (κ2) is 12.8. The van der Waals surface area contributed by atoms with Crippen LogP contribution in [0.5, 0.6) is 0 Å². The number of rotatable bonds is 10. The van der Waals surface area contributed by atoms with Crippen LogP contribution in [0.3, 0.4) is 0 Å². The molecular formula is C34H42NO4PSSi. The molecule has 5 nitrogen and oxygen atoms in total. The fraction of sp³-hybridized carbons (Fsp3) is 0.324. The van der Waals surface area contributed by atoms with Crippen molar-refractivity contribution in [2.45, 2.75) is 57.3 Å². The number of carbonyl (C=O) groups excluding carboxylic acids is 2. The normalized spacial score (nSPS) is 18.2. The molecule has 0 unspecified atom stereocenters. The van der Waals surface area contributed by atoms with Crippen LogP contribution in [0, 0.1) is 5.92 Å². The number of benzene rings is 3. The van der Waals surface area contributed by atoms with Gasteiger partial charge in [0.05, 0.1) is 17.4 Å². The highest BCUT2D eigenvalue weighted by Gasteiger charge is 2.55. The molecule has 1 aliphatic heterocycles. The topological polar surface area (TPSA) is 55.8 Å². The summed E-state index contributed by atoms with van der Waals surface area (Å²) in [6, 6.07) is 29.9. The lowest BCUT2D eigenvalue weighted by atomic mass is 9.93. The minimum absolute atomic E-state index is 0.0137. The zero-order valence-corrected chi connectivity index (χ0v) is 28.1. The first-order valence-corrected chi connectivity index (χ1v) is 19.5. The standard InChI is InChI=1S/C34H42NO4PSSi/c1-8-24-38-33(37)31(35-30(36)29(32(35)41)25(2)39-42(6,7)34(3,4)5)40(26-18-12-9-13-19-26,27-20-14-10-15-21-27)28-22-16-11-17-23-28/h8-23,25,29,32,41H,1,24H2,2-7H3/t25-,29+,32-/m1/s1. The lowest BCUT2D eigenvalue weighted by molar-refractivity contribution is -0.151. The van der Waals surface area contributed by atoms with Gasteiger partial charge in [0.1, 0.15) is 12.0 Å². The van der Waals surface area contributed by atoms with Crippen molar-refractivity contribution >= 4 is 61.0 Å². The van der Waals surface area contributed by atoms with Crippen LogP contribution in [0.15, 0.2) is 104 Å². The fourth-order valence-corrected chi connectivity index (χ4v) is 11.7. The highest BCUT2D eigenvalue weighted by molar-refractivity contribution is 7.96. The number of amides is 1. The number of ether oxygens (including phenoxy) is 1. The van der Waals surface area contributed by atoms with Crippen LogP contribution >= 0.6 is 19.5 Å². The van der Waals surface area contributed by atoms with E-state index in [4.69, 9.17) is 21.8 Å². The van der Waals surface area contributed by atoms with E-state index in [9.17, 15) is 9.59 Å². The number of thiol groups is 1. The molecule has 0 bridgehead atoms. The summed E-state index contributed by atoms with van der Waals surface area (Å²) in [5, 5.41) is 2.24. The van der Waals surface area contributed by atoms with E-state index in [0.717, 1.165) is 15.9 Å². The van der Waals surface area contributed by atoms with E-state index >= 15 is 0 Å². The summed E-state index contributed by atoms with van der Waals surface area (Å²) < 4.78 is 12.4. The maximum atomic E-state index is 14.3. The minimum atomic E-state index is -2.95. The predicted octanol–water partition coefficient (Wildman–Crippen LogP) is 5.96. The third-order valence-corrected chi connectivity index (χ3v) is 17.8. The molecule has 1 saturated heterocycles. The number of nitrogens with zero attached hydrogens (tertiary/aromatic N) is 1. The third kappa shape index (κ3) is 5.85. The van der Waals surface area contributed by atoms with E-state index in [1.807, 2.05) is 97.9 Å². The summed E-state index contributed by atoms with van der Waals surface area (Å²) in [4.78, 5) is 30.2. The van der Waals surface area contributed by atoms with E-state index < -0.39 is 32.5 Å². The van der Waals surface area contributed by atoms with Crippen LogP contribution < -0.4 is 15.9 Å². The quantitative estimate of drug-likeness (QED) is 0.0760. The molecule has 3 aromatic carbocycles. The van der Waals surface area contributed by atoms with Crippen LogP contribution in [0.25, 0.3) is 0 Å². The minimum Gasteiger partial charge on any atom is -0.457 e. The maximum Gasteiger partial charge on any atom is 0.356 e. The Morgan fingerprint density at radius 2 is 1.38 bits per heavy atom. The molecule has 8 heteroatoms. The van der Waals surface area contributed by atoms with Crippen LogP contribution in [-0.4, -0.2) is 48.6 Å². The van der Waals surface area contributed by atoms with E-state index in [-0.39, 0.29) is 23.7 Å². The van der Waals surface area contributed by atoms with Gasteiger partial charge in [-0.15, -0.1) is 0 Å². The molecule has 222 valence electrons. The Balaban J connectivity index is 2.02. The molecule has 1 heterocycles. The Hall–Kier alpha value is -2.83. The van der Waals surface area contributed by atoms with Crippen molar-refractivity contribution in [2.75, 3.05) is 6.61 Å².